The Balaban J connectivity index is 2.42. The van der Waals surface area contributed by atoms with Crippen LogP contribution in [0.2, 0.25) is 0 Å². The van der Waals surface area contributed by atoms with E-state index in [1.54, 1.807) is 11.3 Å². The molecule has 0 aliphatic heterocycles. The van der Waals surface area contributed by atoms with Gasteiger partial charge in [0.15, 0.2) is 5.13 Å². The van der Waals surface area contributed by atoms with Crippen molar-refractivity contribution >= 4 is 28.2 Å². The van der Waals surface area contributed by atoms with Crippen LogP contribution in [0, 0.1) is 13.8 Å². The van der Waals surface area contributed by atoms with E-state index < -0.39 is 0 Å². The summed E-state index contributed by atoms with van der Waals surface area (Å²) in [5.41, 5.74) is 1.15. The van der Waals surface area contributed by atoms with Crippen molar-refractivity contribution in [3.05, 3.63) is 10.6 Å². The summed E-state index contributed by atoms with van der Waals surface area (Å²) in [6.07, 6.45) is 2.11. The Bertz CT molecular complexity index is 226. The van der Waals surface area contributed by atoms with Crippen LogP contribution >= 0.6 is 23.1 Å². The molecule has 1 aromatic heterocycles. The summed E-state index contributed by atoms with van der Waals surface area (Å²) in [4.78, 5) is 5.69. The molecule has 1 N–H and O–H groups in total. The Morgan fingerprint density at radius 3 is 2.75 bits per heavy atom. The summed E-state index contributed by atoms with van der Waals surface area (Å²) < 4.78 is 0. The number of hydrogen-bond donors (Lipinski definition) is 1. The molecule has 1 heterocycles. The molecule has 0 unspecified atom stereocenters. The molecule has 0 atom stereocenters. The number of aryl methyl sites for hydroxylation is 2. The van der Waals surface area contributed by atoms with Crippen LogP contribution < -0.4 is 5.32 Å². The van der Waals surface area contributed by atoms with E-state index in [1.807, 2.05) is 18.7 Å². The largest absolute Gasteiger partial charge is 0.361 e. The molecule has 1 aromatic rings. The molecule has 0 spiro atoms. The van der Waals surface area contributed by atoms with Gasteiger partial charge in [0.2, 0.25) is 0 Å². The second kappa shape index (κ2) is 4.72. The van der Waals surface area contributed by atoms with Crippen molar-refractivity contribution in [1.82, 2.24) is 4.98 Å². The predicted octanol–water partition coefficient (Wildman–Crippen LogP) is 2.53. The lowest BCUT2D eigenvalue weighted by molar-refractivity contribution is 1.17. The normalized spacial score (nSPS) is 10.2. The first-order valence-corrected chi connectivity index (χ1v) is 6.12. The first-order chi connectivity index (χ1) is 5.74. The van der Waals surface area contributed by atoms with Crippen molar-refractivity contribution in [2.75, 3.05) is 23.9 Å². The standard InChI is InChI=1S/C8H14N2S2/c1-6-7(2)12-8(10-6)9-4-5-11-3/h4-5H2,1-3H3,(H,9,10). The number of aromatic nitrogens is 1. The third-order valence-corrected chi connectivity index (χ3v) is 3.25. The third-order valence-electron chi connectivity index (χ3n) is 1.61. The third kappa shape index (κ3) is 2.68. The van der Waals surface area contributed by atoms with Gasteiger partial charge in [-0.3, -0.25) is 0 Å². The minimum absolute atomic E-state index is 1.01. The van der Waals surface area contributed by atoms with E-state index in [1.165, 1.54) is 4.88 Å². The highest BCUT2D eigenvalue weighted by molar-refractivity contribution is 7.98. The fraction of sp³-hybridized carbons (Fsp3) is 0.625. The number of thioether (sulfide) groups is 1. The minimum Gasteiger partial charge on any atom is -0.361 e. The number of anilines is 1. The first kappa shape index (κ1) is 9.86. The Labute approximate surface area is 81.8 Å². The summed E-state index contributed by atoms with van der Waals surface area (Å²) in [5.74, 6) is 1.14. The monoisotopic (exact) mass is 202 g/mol. The molecule has 0 saturated heterocycles. The summed E-state index contributed by atoms with van der Waals surface area (Å²) in [5, 5.41) is 4.35. The van der Waals surface area contributed by atoms with Crippen molar-refractivity contribution in [2.24, 2.45) is 0 Å². The van der Waals surface area contributed by atoms with Crippen LogP contribution in [0.5, 0.6) is 0 Å². The molecular weight excluding hydrogens is 188 g/mol. The van der Waals surface area contributed by atoms with Gasteiger partial charge in [0.25, 0.3) is 0 Å². The second-order valence-corrected chi connectivity index (χ2v) is 4.77. The lowest BCUT2D eigenvalue weighted by atomic mass is 10.4. The maximum Gasteiger partial charge on any atom is 0.183 e. The van der Waals surface area contributed by atoms with Gasteiger partial charge >= 0.3 is 0 Å². The van der Waals surface area contributed by atoms with Gasteiger partial charge in [-0.1, -0.05) is 0 Å². The fourth-order valence-electron chi connectivity index (χ4n) is 0.808. The molecule has 68 valence electrons. The van der Waals surface area contributed by atoms with Crippen molar-refractivity contribution in [1.29, 1.82) is 0 Å². The Hall–Kier alpha value is -0.220. The van der Waals surface area contributed by atoms with Gasteiger partial charge in [0, 0.05) is 17.2 Å². The highest BCUT2D eigenvalue weighted by Crippen LogP contribution is 2.20. The van der Waals surface area contributed by atoms with Crippen LogP contribution in [0.3, 0.4) is 0 Å². The van der Waals surface area contributed by atoms with Crippen LogP contribution in [-0.2, 0) is 0 Å². The zero-order valence-electron chi connectivity index (χ0n) is 7.68. The summed E-state index contributed by atoms with van der Waals surface area (Å²) >= 11 is 3.58. The molecular formula is C8H14N2S2. The quantitative estimate of drug-likeness (QED) is 0.760. The molecule has 12 heavy (non-hydrogen) atoms. The van der Waals surface area contributed by atoms with E-state index in [-0.39, 0.29) is 0 Å². The average molecular weight is 202 g/mol. The molecule has 0 saturated carbocycles. The molecule has 0 aromatic carbocycles. The summed E-state index contributed by atoms with van der Waals surface area (Å²) in [7, 11) is 0. The molecule has 0 aliphatic carbocycles. The van der Waals surface area contributed by atoms with E-state index in [0.717, 1.165) is 23.1 Å². The Morgan fingerprint density at radius 1 is 1.50 bits per heavy atom. The van der Waals surface area contributed by atoms with E-state index in [4.69, 9.17) is 0 Å². The Morgan fingerprint density at radius 2 is 2.25 bits per heavy atom. The number of rotatable bonds is 4. The van der Waals surface area contributed by atoms with Crippen molar-refractivity contribution in [2.45, 2.75) is 13.8 Å². The lowest BCUT2D eigenvalue weighted by Gasteiger charge is -1.98. The molecule has 2 nitrogen and oxygen atoms in total. The van der Waals surface area contributed by atoms with Gasteiger partial charge in [-0.2, -0.15) is 11.8 Å². The van der Waals surface area contributed by atoms with Gasteiger partial charge in [-0.25, -0.2) is 4.98 Å². The number of nitrogens with zero attached hydrogens (tertiary/aromatic N) is 1. The average Bonchev–Trinajstić information content (AvgIpc) is 2.32. The van der Waals surface area contributed by atoms with Crippen LogP contribution in [0.4, 0.5) is 5.13 Å². The summed E-state index contributed by atoms with van der Waals surface area (Å²) in [6, 6.07) is 0. The van der Waals surface area contributed by atoms with Gasteiger partial charge < -0.3 is 5.32 Å². The van der Waals surface area contributed by atoms with E-state index in [0.29, 0.717) is 0 Å². The first-order valence-electron chi connectivity index (χ1n) is 3.91. The van der Waals surface area contributed by atoms with E-state index in [9.17, 15) is 0 Å². The zero-order valence-corrected chi connectivity index (χ0v) is 9.31. The molecule has 1 rings (SSSR count). The van der Waals surface area contributed by atoms with Crippen LogP contribution in [0.15, 0.2) is 0 Å². The van der Waals surface area contributed by atoms with E-state index in [2.05, 4.69) is 23.5 Å². The number of hydrogen-bond acceptors (Lipinski definition) is 4. The molecule has 4 heteroatoms. The summed E-state index contributed by atoms with van der Waals surface area (Å²) in [6.45, 7) is 5.16. The van der Waals surface area contributed by atoms with Crippen LogP contribution in [0.1, 0.15) is 10.6 Å². The van der Waals surface area contributed by atoms with Gasteiger partial charge in [0.05, 0.1) is 5.69 Å². The molecule has 0 radical (unpaired) electrons. The van der Waals surface area contributed by atoms with Crippen molar-refractivity contribution in [3.63, 3.8) is 0 Å². The number of thiazole rings is 1. The smallest absolute Gasteiger partial charge is 0.183 e. The fourth-order valence-corrected chi connectivity index (χ4v) is 1.95. The van der Waals surface area contributed by atoms with E-state index >= 15 is 0 Å². The predicted molar refractivity (Wildman–Crippen MR) is 58.5 cm³/mol. The van der Waals surface area contributed by atoms with Crippen molar-refractivity contribution < 1.29 is 0 Å². The highest BCUT2D eigenvalue weighted by Gasteiger charge is 2.01. The second-order valence-electron chi connectivity index (χ2n) is 2.58. The van der Waals surface area contributed by atoms with Crippen LogP contribution in [0.25, 0.3) is 0 Å². The minimum atomic E-state index is 1.01. The Kier molecular flexibility index (Phi) is 3.88. The van der Waals surface area contributed by atoms with Gasteiger partial charge in [0.1, 0.15) is 0 Å². The van der Waals surface area contributed by atoms with Gasteiger partial charge in [-0.05, 0) is 20.1 Å². The molecule has 0 amide bonds. The molecule has 0 fully saturated rings. The lowest BCUT2D eigenvalue weighted by Crippen LogP contribution is -2.02. The maximum atomic E-state index is 4.38. The SMILES string of the molecule is CSCCNc1nc(C)c(C)s1. The molecule has 0 bridgehead atoms. The van der Waals surface area contributed by atoms with Crippen LogP contribution in [-0.4, -0.2) is 23.5 Å². The van der Waals surface area contributed by atoms with Gasteiger partial charge in [-0.15, -0.1) is 11.3 Å². The molecule has 0 aliphatic rings. The number of nitrogens with one attached hydrogen (secondary N) is 1. The highest BCUT2D eigenvalue weighted by atomic mass is 32.2. The zero-order chi connectivity index (χ0) is 8.97. The maximum absolute atomic E-state index is 4.38. The topological polar surface area (TPSA) is 24.9 Å². The van der Waals surface area contributed by atoms with Crippen molar-refractivity contribution in [3.8, 4) is 0 Å².